The van der Waals surface area contributed by atoms with Crippen LogP contribution in [0.2, 0.25) is 0 Å². The van der Waals surface area contributed by atoms with E-state index in [4.69, 9.17) is 4.74 Å². The molecule has 1 aliphatic heterocycles. The number of aryl methyl sites for hydroxylation is 2. The minimum Gasteiger partial charge on any atom is -0.383 e. The Morgan fingerprint density at radius 2 is 1.67 bits per heavy atom. The van der Waals surface area contributed by atoms with Gasteiger partial charge in [-0.15, -0.1) is 0 Å². The van der Waals surface area contributed by atoms with Gasteiger partial charge in [0.15, 0.2) is 0 Å². The Hall–Kier alpha value is -3.45. The Labute approximate surface area is 175 Å². The van der Waals surface area contributed by atoms with Crippen molar-refractivity contribution in [2.24, 2.45) is 0 Å². The number of ether oxygens (including phenoxy) is 1. The summed E-state index contributed by atoms with van der Waals surface area (Å²) in [4.78, 5) is 38.6. The second-order valence-corrected chi connectivity index (χ2v) is 7.21. The fourth-order valence-corrected chi connectivity index (χ4v) is 3.41. The number of anilines is 2. The first-order valence-electron chi connectivity index (χ1n) is 9.63. The van der Waals surface area contributed by atoms with Gasteiger partial charge in [0.1, 0.15) is 5.70 Å². The average molecular weight is 407 g/mol. The van der Waals surface area contributed by atoms with Crippen LogP contribution < -0.4 is 10.6 Å². The van der Waals surface area contributed by atoms with Gasteiger partial charge >= 0.3 is 0 Å². The summed E-state index contributed by atoms with van der Waals surface area (Å²) in [5.74, 6) is -0.903. The van der Waals surface area contributed by atoms with E-state index in [0.29, 0.717) is 16.9 Å². The summed E-state index contributed by atoms with van der Waals surface area (Å²) in [5.41, 5.74) is 4.57. The predicted octanol–water partition coefficient (Wildman–Crippen LogP) is 3.10. The molecule has 156 valence electrons. The average Bonchev–Trinajstić information content (AvgIpc) is 2.91. The van der Waals surface area contributed by atoms with Gasteiger partial charge < -0.3 is 15.4 Å². The zero-order chi connectivity index (χ0) is 21.8. The number of carbonyl (C=O) groups excluding carboxylic acids is 3. The molecule has 0 fully saturated rings. The lowest BCUT2D eigenvalue weighted by molar-refractivity contribution is -0.137. The van der Waals surface area contributed by atoms with Crippen molar-refractivity contribution in [1.82, 2.24) is 4.90 Å². The summed E-state index contributed by atoms with van der Waals surface area (Å²) in [6.45, 7) is 5.77. The van der Waals surface area contributed by atoms with Crippen LogP contribution in [0.25, 0.3) is 5.57 Å². The molecule has 0 atom stereocenters. The first-order valence-corrected chi connectivity index (χ1v) is 9.63. The standard InChI is InChI=1S/C23H25N3O4/c1-14-5-10-19(15(2)13-14)20-21(23(29)26(22(20)28)11-12-30-4)25-18-8-6-17(7-9-18)24-16(3)27/h5-10,13,25H,11-12H2,1-4H3,(H,24,27). The lowest BCUT2D eigenvalue weighted by Gasteiger charge is -2.14. The van der Waals surface area contributed by atoms with Gasteiger partial charge in [0, 0.05) is 25.4 Å². The third kappa shape index (κ3) is 4.41. The lowest BCUT2D eigenvalue weighted by Crippen LogP contribution is -2.35. The van der Waals surface area contributed by atoms with Crippen molar-refractivity contribution < 1.29 is 19.1 Å². The van der Waals surface area contributed by atoms with E-state index in [-0.39, 0.29) is 30.7 Å². The lowest BCUT2D eigenvalue weighted by atomic mass is 9.97. The molecule has 0 saturated heterocycles. The molecule has 0 aliphatic carbocycles. The van der Waals surface area contributed by atoms with Gasteiger partial charge in [-0.1, -0.05) is 23.8 Å². The molecule has 0 saturated carbocycles. The largest absolute Gasteiger partial charge is 0.383 e. The molecule has 0 spiro atoms. The van der Waals surface area contributed by atoms with E-state index in [1.54, 1.807) is 24.3 Å². The number of hydrogen-bond donors (Lipinski definition) is 2. The number of nitrogens with one attached hydrogen (secondary N) is 2. The summed E-state index contributed by atoms with van der Waals surface area (Å²) in [5, 5.41) is 5.81. The van der Waals surface area contributed by atoms with Gasteiger partial charge in [0.25, 0.3) is 11.8 Å². The summed E-state index contributed by atoms with van der Waals surface area (Å²) < 4.78 is 5.06. The van der Waals surface area contributed by atoms with Crippen molar-refractivity contribution in [2.75, 3.05) is 30.9 Å². The van der Waals surface area contributed by atoms with E-state index in [1.165, 1.54) is 18.9 Å². The van der Waals surface area contributed by atoms with Crippen LogP contribution in [-0.4, -0.2) is 42.9 Å². The number of amides is 3. The van der Waals surface area contributed by atoms with Gasteiger partial charge in [-0.05, 0) is 49.2 Å². The SMILES string of the molecule is COCCN1C(=O)C(Nc2ccc(NC(C)=O)cc2)=C(c2ccc(C)cc2C)C1=O. The fourth-order valence-electron chi connectivity index (χ4n) is 3.41. The molecule has 1 heterocycles. The Morgan fingerprint density at radius 3 is 2.27 bits per heavy atom. The number of imide groups is 1. The second kappa shape index (κ2) is 8.92. The fraction of sp³-hybridized carbons (Fsp3) is 0.261. The van der Waals surface area contributed by atoms with Gasteiger partial charge in [-0.25, -0.2) is 0 Å². The molecule has 1 aliphatic rings. The number of benzene rings is 2. The highest BCUT2D eigenvalue weighted by atomic mass is 16.5. The number of methoxy groups -OCH3 is 1. The Kier molecular flexibility index (Phi) is 6.32. The van der Waals surface area contributed by atoms with Crippen LogP contribution in [0, 0.1) is 13.8 Å². The van der Waals surface area contributed by atoms with Crippen LogP contribution in [0.4, 0.5) is 11.4 Å². The van der Waals surface area contributed by atoms with Crippen LogP contribution >= 0.6 is 0 Å². The molecule has 7 heteroatoms. The Balaban J connectivity index is 2.00. The number of hydrogen-bond acceptors (Lipinski definition) is 5. The molecule has 0 radical (unpaired) electrons. The summed E-state index contributed by atoms with van der Waals surface area (Å²) >= 11 is 0. The minimum atomic E-state index is -0.391. The van der Waals surface area contributed by atoms with Crippen LogP contribution in [0.1, 0.15) is 23.6 Å². The van der Waals surface area contributed by atoms with Gasteiger partial charge in [-0.2, -0.15) is 0 Å². The molecule has 30 heavy (non-hydrogen) atoms. The van der Waals surface area contributed by atoms with Gasteiger partial charge in [0.05, 0.1) is 18.7 Å². The molecule has 2 N–H and O–H groups in total. The monoisotopic (exact) mass is 407 g/mol. The molecule has 7 nitrogen and oxygen atoms in total. The van der Waals surface area contributed by atoms with E-state index in [0.717, 1.165) is 16.7 Å². The first kappa shape index (κ1) is 21.3. The molecule has 0 unspecified atom stereocenters. The maximum atomic E-state index is 13.1. The first-order chi connectivity index (χ1) is 14.3. The van der Waals surface area contributed by atoms with E-state index in [9.17, 15) is 14.4 Å². The summed E-state index contributed by atoms with van der Waals surface area (Å²) in [6.07, 6.45) is 0. The molecule has 2 aromatic carbocycles. The minimum absolute atomic E-state index is 0.166. The third-order valence-corrected chi connectivity index (χ3v) is 4.81. The van der Waals surface area contributed by atoms with E-state index in [1.807, 2.05) is 32.0 Å². The van der Waals surface area contributed by atoms with Crippen molar-refractivity contribution in [3.63, 3.8) is 0 Å². The quantitative estimate of drug-likeness (QED) is 0.689. The topological polar surface area (TPSA) is 87.7 Å². The number of carbonyl (C=O) groups is 3. The molecule has 0 aromatic heterocycles. The van der Waals surface area contributed by atoms with Crippen molar-refractivity contribution in [1.29, 1.82) is 0 Å². The molecule has 0 bridgehead atoms. The molecule has 3 rings (SSSR count). The number of rotatable bonds is 7. The van der Waals surface area contributed by atoms with Gasteiger partial charge in [0.2, 0.25) is 5.91 Å². The van der Waals surface area contributed by atoms with Gasteiger partial charge in [-0.3, -0.25) is 19.3 Å². The van der Waals surface area contributed by atoms with E-state index in [2.05, 4.69) is 10.6 Å². The Bertz CT molecular complexity index is 1030. The zero-order valence-corrected chi connectivity index (χ0v) is 17.5. The maximum Gasteiger partial charge on any atom is 0.278 e. The zero-order valence-electron chi connectivity index (χ0n) is 17.5. The second-order valence-electron chi connectivity index (χ2n) is 7.21. The summed E-state index contributed by atoms with van der Waals surface area (Å²) in [7, 11) is 1.53. The predicted molar refractivity (Wildman–Crippen MR) is 116 cm³/mol. The van der Waals surface area contributed by atoms with Crippen LogP contribution in [0.5, 0.6) is 0 Å². The highest BCUT2D eigenvalue weighted by Crippen LogP contribution is 2.32. The molecule has 2 aromatic rings. The van der Waals surface area contributed by atoms with Crippen molar-refractivity contribution in [2.45, 2.75) is 20.8 Å². The van der Waals surface area contributed by atoms with Crippen LogP contribution in [0.3, 0.4) is 0 Å². The third-order valence-electron chi connectivity index (χ3n) is 4.81. The summed E-state index contributed by atoms with van der Waals surface area (Å²) in [6, 6.07) is 12.7. The highest BCUT2D eigenvalue weighted by Gasteiger charge is 2.39. The van der Waals surface area contributed by atoms with Crippen molar-refractivity contribution >= 4 is 34.7 Å². The smallest absolute Gasteiger partial charge is 0.278 e. The maximum absolute atomic E-state index is 13.1. The molecular weight excluding hydrogens is 382 g/mol. The molecule has 3 amide bonds. The van der Waals surface area contributed by atoms with E-state index >= 15 is 0 Å². The van der Waals surface area contributed by atoms with Crippen LogP contribution in [-0.2, 0) is 19.1 Å². The number of nitrogens with zero attached hydrogens (tertiary/aromatic N) is 1. The molecular formula is C23H25N3O4. The highest BCUT2D eigenvalue weighted by molar-refractivity contribution is 6.36. The van der Waals surface area contributed by atoms with Crippen LogP contribution in [0.15, 0.2) is 48.2 Å². The van der Waals surface area contributed by atoms with Crippen molar-refractivity contribution in [3.05, 3.63) is 64.9 Å². The normalized spacial score (nSPS) is 13.8. The van der Waals surface area contributed by atoms with E-state index < -0.39 is 5.91 Å². The van der Waals surface area contributed by atoms with Crippen molar-refractivity contribution in [3.8, 4) is 0 Å². The Morgan fingerprint density at radius 1 is 1.00 bits per heavy atom.